The molecule has 0 unspecified atom stereocenters. The number of nitrogens with one attached hydrogen (secondary N) is 2. The lowest BCUT2D eigenvalue weighted by Crippen LogP contribution is -2.45. The van der Waals surface area contributed by atoms with Crippen molar-refractivity contribution in [2.75, 3.05) is 0 Å². The number of hydrogen-bond donors (Lipinski definition) is 2. The highest BCUT2D eigenvalue weighted by Gasteiger charge is 2.32. The number of carbonyl (C=O) groups is 1. The molecular weight excluding hydrogens is 321 g/mol. The number of para-hydroxylation sites is 2. The second kappa shape index (κ2) is 6.20. The lowest BCUT2D eigenvalue weighted by molar-refractivity contribution is -0.123. The fraction of sp³-hybridized carbons (Fsp3) is 0.263. The van der Waals surface area contributed by atoms with Gasteiger partial charge in [0.25, 0.3) is 0 Å². The first-order chi connectivity index (χ1) is 12.1. The maximum absolute atomic E-state index is 13.8. The monoisotopic (exact) mass is 339 g/mol. The van der Waals surface area contributed by atoms with Gasteiger partial charge in [-0.3, -0.25) is 9.36 Å². The van der Waals surface area contributed by atoms with Crippen molar-refractivity contribution in [3.63, 3.8) is 0 Å². The number of rotatable bonds is 4. The number of H-pyrrole nitrogens is 1. The van der Waals surface area contributed by atoms with Gasteiger partial charge in [-0.05, 0) is 42.5 Å². The molecule has 0 saturated heterocycles. The highest BCUT2D eigenvalue weighted by atomic mass is 19.1. The van der Waals surface area contributed by atoms with Gasteiger partial charge >= 0.3 is 5.69 Å². The van der Waals surface area contributed by atoms with Crippen LogP contribution in [0.1, 0.15) is 24.3 Å². The number of imidazole rings is 1. The lowest BCUT2D eigenvalue weighted by Gasteiger charge is -2.36. The van der Waals surface area contributed by atoms with E-state index in [4.69, 9.17) is 0 Å². The van der Waals surface area contributed by atoms with Crippen molar-refractivity contribution in [2.24, 2.45) is 0 Å². The summed E-state index contributed by atoms with van der Waals surface area (Å²) in [6, 6.07) is 14.1. The summed E-state index contributed by atoms with van der Waals surface area (Å²) in [5, 5.41) is 2.93. The largest absolute Gasteiger partial charge is 0.352 e. The van der Waals surface area contributed by atoms with E-state index in [1.54, 1.807) is 24.3 Å². The van der Waals surface area contributed by atoms with Crippen LogP contribution in [-0.2, 0) is 11.3 Å². The molecule has 1 amide bonds. The molecule has 5 nitrogen and oxygen atoms in total. The number of fused-ring (bicyclic) bond motifs is 1. The molecule has 3 aromatic rings. The minimum atomic E-state index is -0.297. The Morgan fingerprint density at radius 2 is 1.88 bits per heavy atom. The van der Waals surface area contributed by atoms with Crippen LogP contribution in [0.2, 0.25) is 0 Å². The molecule has 2 aromatic carbocycles. The number of carbonyl (C=O) groups excluding carboxylic acids is 1. The van der Waals surface area contributed by atoms with Crippen molar-refractivity contribution in [2.45, 2.75) is 31.3 Å². The summed E-state index contributed by atoms with van der Waals surface area (Å²) in [4.78, 5) is 27.0. The SMILES string of the molecule is O=C(Cn1c(=O)[nH]c2ccccc21)NC1CC(c2ccccc2F)C1. The zero-order chi connectivity index (χ0) is 17.4. The third kappa shape index (κ3) is 2.95. The van der Waals surface area contributed by atoms with Crippen molar-refractivity contribution in [3.8, 4) is 0 Å². The first kappa shape index (κ1) is 15.6. The number of amides is 1. The number of aromatic amines is 1. The van der Waals surface area contributed by atoms with Crippen LogP contribution in [0, 0.1) is 5.82 Å². The van der Waals surface area contributed by atoms with Crippen LogP contribution >= 0.6 is 0 Å². The summed E-state index contributed by atoms with van der Waals surface area (Å²) in [6.45, 7) is -0.0241. The molecule has 0 bridgehead atoms. The van der Waals surface area contributed by atoms with Crippen LogP contribution in [0.25, 0.3) is 11.0 Å². The normalized spacial score (nSPS) is 19.6. The Balaban J connectivity index is 1.38. The molecule has 1 fully saturated rings. The van der Waals surface area contributed by atoms with Crippen molar-refractivity contribution >= 4 is 16.9 Å². The standard InChI is InChI=1S/C19H18FN3O2/c20-15-6-2-1-5-14(15)12-9-13(10-12)21-18(24)11-23-17-8-4-3-7-16(17)22-19(23)25/h1-8,12-13H,9-11H2,(H,21,24)(H,22,25). The van der Waals surface area contributed by atoms with E-state index in [1.165, 1.54) is 10.6 Å². The second-order valence-corrected chi connectivity index (χ2v) is 6.49. The summed E-state index contributed by atoms with van der Waals surface area (Å²) < 4.78 is 15.2. The van der Waals surface area contributed by atoms with E-state index in [9.17, 15) is 14.0 Å². The average Bonchev–Trinajstić information content (AvgIpc) is 2.87. The van der Waals surface area contributed by atoms with E-state index in [2.05, 4.69) is 10.3 Å². The van der Waals surface area contributed by atoms with Crippen LogP contribution in [0.4, 0.5) is 4.39 Å². The molecule has 2 N–H and O–H groups in total. The van der Waals surface area contributed by atoms with Crippen molar-refractivity contribution in [3.05, 3.63) is 70.4 Å². The smallest absolute Gasteiger partial charge is 0.326 e. The molecule has 0 aliphatic heterocycles. The van der Waals surface area contributed by atoms with Gasteiger partial charge < -0.3 is 10.3 Å². The predicted octanol–water partition coefficient (Wildman–Crippen LogP) is 2.53. The van der Waals surface area contributed by atoms with E-state index in [1.807, 2.05) is 18.2 Å². The predicted molar refractivity (Wildman–Crippen MR) is 92.9 cm³/mol. The quantitative estimate of drug-likeness (QED) is 0.767. The molecule has 1 saturated carbocycles. The van der Waals surface area contributed by atoms with Gasteiger partial charge in [0, 0.05) is 6.04 Å². The number of hydrogen-bond acceptors (Lipinski definition) is 2. The first-order valence-electron chi connectivity index (χ1n) is 8.33. The molecule has 0 radical (unpaired) electrons. The Kier molecular flexibility index (Phi) is 3.87. The highest BCUT2D eigenvalue weighted by Crippen LogP contribution is 2.37. The Bertz CT molecular complexity index is 985. The molecule has 25 heavy (non-hydrogen) atoms. The molecule has 4 rings (SSSR count). The Labute approximate surface area is 143 Å². The average molecular weight is 339 g/mol. The van der Waals surface area contributed by atoms with E-state index in [0.29, 0.717) is 16.6 Å². The topological polar surface area (TPSA) is 66.9 Å². The number of halogens is 1. The van der Waals surface area contributed by atoms with Gasteiger partial charge in [0.2, 0.25) is 5.91 Å². The van der Waals surface area contributed by atoms with E-state index in [-0.39, 0.29) is 35.9 Å². The Hall–Kier alpha value is -2.89. The van der Waals surface area contributed by atoms with Gasteiger partial charge in [-0.15, -0.1) is 0 Å². The molecule has 6 heteroatoms. The number of nitrogens with zero attached hydrogens (tertiary/aromatic N) is 1. The Morgan fingerprint density at radius 3 is 2.68 bits per heavy atom. The van der Waals surface area contributed by atoms with Crippen LogP contribution < -0.4 is 11.0 Å². The summed E-state index contributed by atoms with van der Waals surface area (Å²) in [6.07, 6.45) is 1.44. The van der Waals surface area contributed by atoms with Crippen molar-refractivity contribution < 1.29 is 9.18 Å². The van der Waals surface area contributed by atoms with Gasteiger partial charge in [-0.25, -0.2) is 9.18 Å². The fourth-order valence-corrected chi connectivity index (χ4v) is 3.48. The van der Waals surface area contributed by atoms with Gasteiger partial charge in [0.05, 0.1) is 11.0 Å². The van der Waals surface area contributed by atoms with Gasteiger partial charge in [0.1, 0.15) is 12.4 Å². The van der Waals surface area contributed by atoms with E-state index in [0.717, 1.165) is 12.8 Å². The molecule has 1 aliphatic rings. The van der Waals surface area contributed by atoms with Crippen LogP contribution in [-0.4, -0.2) is 21.5 Å². The zero-order valence-corrected chi connectivity index (χ0v) is 13.5. The Morgan fingerprint density at radius 1 is 1.16 bits per heavy atom. The fourth-order valence-electron chi connectivity index (χ4n) is 3.48. The molecule has 128 valence electrons. The van der Waals surface area contributed by atoms with E-state index >= 15 is 0 Å². The second-order valence-electron chi connectivity index (χ2n) is 6.49. The molecule has 0 atom stereocenters. The van der Waals surface area contributed by atoms with E-state index < -0.39 is 0 Å². The lowest BCUT2D eigenvalue weighted by atomic mass is 9.75. The summed E-state index contributed by atoms with van der Waals surface area (Å²) in [5.41, 5.74) is 1.83. The third-order valence-corrected chi connectivity index (χ3v) is 4.83. The van der Waals surface area contributed by atoms with Crippen molar-refractivity contribution in [1.29, 1.82) is 0 Å². The van der Waals surface area contributed by atoms with Crippen LogP contribution in [0.5, 0.6) is 0 Å². The molecule has 1 heterocycles. The molecule has 1 aromatic heterocycles. The summed E-state index contributed by atoms with van der Waals surface area (Å²) >= 11 is 0. The van der Waals surface area contributed by atoms with Gasteiger partial charge in [-0.1, -0.05) is 30.3 Å². The summed E-state index contributed by atoms with van der Waals surface area (Å²) in [7, 11) is 0. The van der Waals surface area contributed by atoms with Crippen molar-refractivity contribution in [1.82, 2.24) is 14.9 Å². The first-order valence-corrected chi connectivity index (χ1v) is 8.33. The summed E-state index contributed by atoms with van der Waals surface area (Å²) in [5.74, 6) is -0.256. The van der Waals surface area contributed by atoms with Crippen LogP contribution in [0.3, 0.4) is 0 Å². The van der Waals surface area contributed by atoms with Gasteiger partial charge in [0.15, 0.2) is 0 Å². The highest BCUT2D eigenvalue weighted by molar-refractivity contribution is 5.80. The maximum Gasteiger partial charge on any atom is 0.326 e. The maximum atomic E-state index is 13.8. The number of benzene rings is 2. The molecule has 0 spiro atoms. The van der Waals surface area contributed by atoms with Gasteiger partial charge in [-0.2, -0.15) is 0 Å². The van der Waals surface area contributed by atoms with Crippen LogP contribution in [0.15, 0.2) is 53.3 Å². The molecule has 1 aliphatic carbocycles. The molecular formula is C19H18FN3O2. The minimum Gasteiger partial charge on any atom is -0.352 e. The zero-order valence-electron chi connectivity index (χ0n) is 13.5. The minimum absolute atomic E-state index is 0.0241. The number of aromatic nitrogens is 2. The third-order valence-electron chi connectivity index (χ3n) is 4.83.